The van der Waals surface area contributed by atoms with Crippen LogP contribution in [-0.2, 0) is 16.0 Å². The van der Waals surface area contributed by atoms with E-state index >= 15 is 0 Å². The average Bonchev–Trinajstić information content (AvgIpc) is 2.74. The Morgan fingerprint density at radius 2 is 2.10 bits per heavy atom. The predicted molar refractivity (Wildman–Crippen MR) is 79.5 cm³/mol. The first-order valence-electron chi connectivity index (χ1n) is 6.55. The Hall–Kier alpha value is -1.82. The molecule has 1 aromatic rings. The van der Waals surface area contributed by atoms with Crippen LogP contribution in [0.25, 0.3) is 0 Å². The second-order valence-electron chi connectivity index (χ2n) is 5.13. The maximum Gasteiger partial charge on any atom is 0.306 e. The summed E-state index contributed by atoms with van der Waals surface area (Å²) in [6.45, 7) is 0. The van der Waals surface area contributed by atoms with Crippen molar-refractivity contribution in [1.82, 2.24) is 4.90 Å². The number of hydrogen-bond donors (Lipinski definition) is 0. The molecule has 112 valence electrons. The van der Waals surface area contributed by atoms with Gasteiger partial charge in [-0.2, -0.15) is 0 Å². The number of hydrogen-bond acceptors (Lipinski definition) is 5. The summed E-state index contributed by atoms with van der Waals surface area (Å²) >= 11 is 1.12. The molecule has 0 N–H and O–H groups in total. The first kappa shape index (κ1) is 15.6. The molecule has 1 atom stereocenters. The van der Waals surface area contributed by atoms with Crippen LogP contribution in [0.4, 0.5) is 4.79 Å². The molecule has 0 fully saturated rings. The van der Waals surface area contributed by atoms with Gasteiger partial charge in [0.05, 0.1) is 13.5 Å². The second-order valence-corrected chi connectivity index (χ2v) is 6.15. The number of ketones is 1. The van der Waals surface area contributed by atoms with Crippen molar-refractivity contribution in [3.63, 3.8) is 0 Å². The van der Waals surface area contributed by atoms with Gasteiger partial charge in [-0.1, -0.05) is 0 Å². The lowest BCUT2D eigenvalue weighted by Crippen LogP contribution is -2.16. The van der Waals surface area contributed by atoms with E-state index in [9.17, 15) is 14.4 Å². The SMILES string of the molecule is COC(=O)CC1Cc2cc(SC(=O)N(C)C)ccc2C1=O. The van der Waals surface area contributed by atoms with E-state index < -0.39 is 0 Å². The lowest BCUT2D eigenvalue weighted by molar-refractivity contribution is -0.141. The Morgan fingerprint density at radius 3 is 2.71 bits per heavy atom. The number of ether oxygens (including phenoxy) is 1. The third-order valence-corrected chi connectivity index (χ3v) is 4.42. The van der Waals surface area contributed by atoms with Gasteiger partial charge in [-0.3, -0.25) is 14.4 Å². The van der Waals surface area contributed by atoms with Crippen molar-refractivity contribution in [1.29, 1.82) is 0 Å². The highest BCUT2D eigenvalue weighted by Crippen LogP contribution is 2.32. The van der Waals surface area contributed by atoms with E-state index in [-0.39, 0.29) is 29.3 Å². The fourth-order valence-corrected chi connectivity index (χ4v) is 2.98. The van der Waals surface area contributed by atoms with Crippen LogP contribution in [0.15, 0.2) is 23.1 Å². The van der Waals surface area contributed by atoms with Crippen molar-refractivity contribution >= 4 is 28.8 Å². The van der Waals surface area contributed by atoms with Gasteiger partial charge in [-0.25, -0.2) is 0 Å². The van der Waals surface area contributed by atoms with Gasteiger partial charge >= 0.3 is 5.97 Å². The molecule has 1 aromatic carbocycles. The molecular weight excluding hydrogens is 290 g/mol. The molecule has 0 aliphatic heterocycles. The minimum absolute atomic E-state index is 0.0223. The number of carbonyl (C=O) groups is 3. The van der Waals surface area contributed by atoms with E-state index in [1.165, 1.54) is 12.0 Å². The Morgan fingerprint density at radius 1 is 1.38 bits per heavy atom. The number of nitrogens with zero attached hydrogens (tertiary/aromatic N) is 1. The van der Waals surface area contributed by atoms with Crippen LogP contribution in [0.5, 0.6) is 0 Å². The molecule has 0 saturated carbocycles. The van der Waals surface area contributed by atoms with E-state index in [1.54, 1.807) is 26.2 Å². The summed E-state index contributed by atoms with van der Waals surface area (Å²) in [7, 11) is 4.70. The summed E-state index contributed by atoms with van der Waals surface area (Å²) in [4.78, 5) is 37.5. The van der Waals surface area contributed by atoms with Crippen molar-refractivity contribution in [2.24, 2.45) is 5.92 Å². The average molecular weight is 307 g/mol. The Labute approximate surface area is 127 Å². The van der Waals surface area contributed by atoms with Crippen LogP contribution in [0.1, 0.15) is 22.3 Å². The smallest absolute Gasteiger partial charge is 0.306 e. The first-order chi connectivity index (χ1) is 9.92. The second kappa shape index (κ2) is 6.30. The highest BCUT2D eigenvalue weighted by molar-refractivity contribution is 8.13. The summed E-state index contributed by atoms with van der Waals surface area (Å²) in [5.74, 6) is -0.748. The number of Topliss-reactive ketones (excluding diaryl/α,β-unsaturated/α-hetero) is 1. The van der Waals surface area contributed by atoms with E-state index in [2.05, 4.69) is 4.74 Å². The predicted octanol–water partition coefficient (Wildman–Crippen LogP) is 2.38. The highest BCUT2D eigenvalue weighted by Gasteiger charge is 2.32. The van der Waals surface area contributed by atoms with Crippen molar-refractivity contribution in [2.45, 2.75) is 17.7 Å². The van der Waals surface area contributed by atoms with Crippen molar-refractivity contribution in [2.75, 3.05) is 21.2 Å². The molecule has 0 saturated heterocycles. The number of carbonyl (C=O) groups excluding carboxylic acids is 3. The topological polar surface area (TPSA) is 63.7 Å². The van der Waals surface area contributed by atoms with Crippen LogP contribution in [0.3, 0.4) is 0 Å². The number of rotatable bonds is 3. The standard InChI is InChI=1S/C15H17NO4S/c1-16(2)15(19)21-11-4-5-12-9(7-11)6-10(14(12)18)8-13(17)20-3/h4-5,7,10H,6,8H2,1-3H3. The van der Waals surface area contributed by atoms with Gasteiger partial charge in [0.2, 0.25) is 0 Å². The molecule has 1 amide bonds. The van der Waals surface area contributed by atoms with Crippen LogP contribution < -0.4 is 0 Å². The molecule has 0 bridgehead atoms. The summed E-state index contributed by atoms with van der Waals surface area (Å²) in [6, 6.07) is 5.36. The zero-order valence-corrected chi connectivity index (χ0v) is 13.0. The van der Waals surface area contributed by atoms with Gasteiger partial charge in [0, 0.05) is 30.5 Å². The summed E-state index contributed by atoms with van der Waals surface area (Å²) in [6.07, 6.45) is 0.622. The monoisotopic (exact) mass is 307 g/mol. The van der Waals surface area contributed by atoms with Crippen LogP contribution in [0.2, 0.25) is 0 Å². The molecule has 1 unspecified atom stereocenters. The minimum Gasteiger partial charge on any atom is -0.469 e. The third-order valence-electron chi connectivity index (χ3n) is 3.39. The Balaban J connectivity index is 2.14. The van der Waals surface area contributed by atoms with E-state index in [0.717, 1.165) is 22.2 Å². The maximum absolute atomic E-state index is 12.2. The van der Waals surface area contributed by atoms with Crippen molar-refractivity contribution in [3.05, 3.63) is 29.3 Å². The quantitative estimate of drug-likeness (QED) is 0.633. The highest BCUT2D eigenvalue weighted by atomic mass is 32.2. The van der Waals surface area contributed by atoms with Crippen molar-refractivity contribution < 1.29 is 19.1 Å². The lowest BCUT2D eigenvalue weighted by atomic mass is 10.0. The molecule has 21 heavy (non-hydrogen) atoms. The van der Waals surface area contributed by atoms with Gasteiger partial charge < -0.3 is 9.64 Å². The van der Waals surface area contributed by atoms with Crippen LogP contribution in [0, 0.1) is 5.92 Å². The molecule has 0 spiro atoms. The lowest BCUT2D eigenvalue weighted by Gasteiger charge is -2.09. The van der Waals surface area contributed by atoms with Gasteiger partial charge in [0.25, 0.3) is 5.24 Å². The minimum atomic E-state index is -0.376. The molecule has 5 nitrogen and oxygen atoms in total. The number of thioether (sulfide) groups is 1. The fraction of sp³-hybridized carbons (Fsp3) is 0.400. The summed E-state index contributed by atoms with van der Waals surface area (Å²) < 4.78 is 4.62. The van der Waals surface area contributed by atoms with E-state index in [4.69, 9.17) is 0 Å². The largest absolute Gasteiger partial charge is 0.469 e. The van der Waals surface area contributed by atoms with Crippen LogP contribution >= 0.6 is 11.8 Å². The van der Waals surface area contributed by atoms with E-state index in [0.29, 0.717) is 12.0 Å². The van der Waals surface area contributed by atoms with Gasteiger partial charge in [0.1, 0.15) is 0 Å². The number of methoxy groups -OCH3 is 1. The van der Waals surface area contributed by atoms with E-state index in [1.807, 2.05) is 6.07 Å². The molecule has 2 rings (SSSR count). The normalized spacial score (nSPS) is 16.5. The number of esters is 1. The molecule has 0 radical (unpaired) electrons. The number of amides is 1. The third kappa shape index (κ3) is 3.44. The molecule has 0 heterocycles. The Kier molecular flexibility index (Phi) is 4.67. The molecular formula is C15H17NO4S. The molecule has 6 heteroatoms. The first-order valence-corrected chi connectivity index (χ1v) is 7.37. The number of fused-ring (bicyclic) bond motifs is 1. The molecule has 0 aromatic heterocycles. The molecule has 1 aliphatic carbocycles. The van der Waals surface area contributed by atoms with Gasteiger partial charge in [0.15, 0.2) is 5.78 Å². The fourth-order valence-electron chi connectivity index (χ4n) is 2.26. The maximum atomic E-state index is 12.2. The zero-order valence-electron chi connectivity index (χ0n) is 12.2. The van der Waals surface area contributed by atoms with Crippen LogP contribution in [-0.4, -0.2) is 43.1 Å². The van der Waals surface area contributed by atoms with Crippen molar-refractivity contribution in [3.8, 4) is 0 Å². The van der Waals surface area contributed by atoms with Gasteiger partial charge in [-0.05, 0) is 41.9 Å². The van der Waals surface area contributed by atoms with Gasteiger partial charge in [-0.15, -0.1) is 0 Å². The summed E-state index contributed by atoms with van der Waals surface area (Å²) in [5, 5.41) is -0.0645. The number of benzene rings is 1. The zero-order chi connectivity index (χ0) is 15.6. The molecule has 1 aliphatic rings. The summed E-state index contributed by atoms with van der Waals surface area (Å²) in [5.41, 5.74) is 1.54. The Bertz CT molecular complexity index is 597.